The Morgan fingerprint density at radius 2 is 1.96 bits per heavy atom. The van der Waals surface area contributed by atoms with E-state index >= 15 is 0 Å². The van der Waals surface area contributed by atoms with E-state index in [1.807, 2.05) is 0 Å². The number of amides is 2. The molecule has 1 aliphatic rings. The number of hydrogen-bond donors (Lipinski definition) is 2. The zero-order valence-corrected chi connectivity index (χ0v) is 15.7. The Labute approximate surface area is 153 Å². The van der Waals surface area contributed by atoms with Gasteiger partial charge in [0.05, 0.1) is 32.4 Å². The minimum absolute atomic E-state index is 0.351. The fourth-order valence-corrected chi connectivity index (χ4v) is 2.85. The molecule has 0 fully saturated rings. The molecule has 2 rings (SSSR count). The molecule has 0 aromatic heterocycles. The molecule has 26 heavy (non-hydrogen) atoms. The number of ether oxygens (including phenoxy) is 3. The molecule has 0 saturated heterocycles. The summed E-state index contributed by atoms with van der Waals surface area (Å²) in [6.07, 6.45) is 2.85. The van der Waals surface area contributed by atoms with Gasteiger partial charge in [0.1, 0.15) is 11.5 Å². The van der Waals surface area contributed by atoms with Crippen molar-refractivity contribution in [1.82, 2.24) is 10.6 Å². The molecule has 0 spiro atoms. The SMILES string of the molecule is CCCCCOC(=O)C1=C(C)NC(=O)N[C@H]1c1ccc(OC)cc1OC. The van der Waals surface area contributed by atoms with Gasteiger partial charge in [0.2, 0.25) is 0 Å². The number of esters is 1. The van der Waals surface area contributed by atoms with E-state index < -0.39 is 12.0 Å². The molecule has 1 heterocycles. The first kappa shape index (κ1) is 19.6. The van der Waals surface area contributed by atoms with Crippen LogP contribution in [0.3, 0.4) is 0 Å². The monoisotopic (exact) mass is 362 g/mol. The Morgan fingerprint density at radius 3 is 2.62 bits per heavy atom. The van der Waals surface area contributed by atoms with Crippen LogP contribution in [0.5, 0.6) is 11.5 Å². The number of nitrogens with one attached hydrogen (secondary N) is 2. The molecule has 0 radical (unpaired) electrons. The minimum Gasteiger partial charge on any atom is -0.497 e. The summed E-state index contributed by atoms with van der Waals surface area (Å²) >= 11 is 0. The summed E-state index contributed by atoms with van der Waals surface area (Å²) in [6.45, 7) is 4.12. The molecule has 7 nitrogen and oxygen atoms in total. The van der Waals surface area contributed by atoms with Crippen LogP contribution in [0.4, 0.5) is 4.79 Å². The fraction of sp³-hybridized carbons (Fsp3) is 0.474. The lowest BCUT2D eigenvalue weighted by molar-refractivity contribution is -0.139. The van der Waals surface area contributed by atoms with E-state index in [9.17, 15) is 9.59 Å². The summed E-state index contributed by atoms with van der Waals surface area (Å²) in [5.74, 6) is 0.685. The zero-order valence-electron chi connectivity index (χ0n) is 15.7. The van der Waals surface area contributed by atoms with Gasteiger partial charge >= 0.3 is 12.0 Å². The van der Waals surface area contributed by atoms with Crippen molar-refractivity contribution in [3.63, 3.8) is 0 Å². The quantitative estimate of drug-likeness (QED) is 0.548. The van der Waals surface area contributed by atoms with E-state index in [2.05, 4.69) is 17.6 Å². The van der Waals surface area contributed by atoms with Gasteiger partial charge in [-0.3, -0.25) is 0 Å². The Bertz CT molecular complexity index is 699. The molecule has 1 aromatic rings. The van der Waals surface area contributed by atoms with Gasteiger partial charge in [-0.15, -0.1) is 0 Å². The number of carbonyl (C=O) groups is 2. The Morgan fingerprint density at radius 1 is 1.19 bits per heavy atom. The summed E-state index contributed by atoms with van der Waals surface area (Å²) < 4.78 is 16.0. The number of allylic oxidation sites excluding steroid dienone is 1. The van der Waals surface area contributed by atoms with E-state index in [1.54, 1.807) is 32.2 Å². The van der Waals surface area contributed by atoms with Gasteiger partial charge in [-0.2, -0.15) is 0 Å². The maximum Gasteiger partial charge on any atom is 0.338 e. The van der Waals surface area contributed by atoms with Crippen LogP contribution >= 0.6 is 0 Å². The molecule has 2 N–H and O–H groups in total. The van der Waals surface area contributed by atoms with E-state index in [0.29, 0.717) is 34.9 Å². The highest BCUT2D eigenvalue weighted by atomic mass is 16.5. The lowest BCUT2D eigenvalue weighted by Crippen LogP contribution is -2.45. The molecular weight excluding hydrogens is 336 g/mol. The number of hydrogen-bond acceptors (Lipinski definition) is 5. The minimum atomic E-state index is -0.664. The maximum atomic E-state index is 12.6. The summed E-state index contributed by atoms with van der Waals surface area (Å²) in [5.41, 5.74) is 1.49. The molecule has 1 aliphatic heterocycles. The first-order valence-electron chi connectivity index (χ1n) is 8.69. The summed E-state index contributed by atoms with van der Waals surface area (Å²) in [6, 6.07) is 4.19. The fourth-order valence-electron chi connectivity index (χ4n) is 2.85. The number of unbranched alkanes of at least 4 members (excludes halogenated alkanes) is 2. The molecule has 7 heteroatoms. The van der Waals surface area contributed by atoms with Gasteiger partial charge in [0.15, 0.2) is 0 Å². The van der Waals surface area contributed by atoms with Crippen LogP contribution in [0.15, 0.2) is 29.5 Å². The van der Waals surface area contributed by atoms with Crippen molar-refractivity contribution in [3.05, 3.63) is 35.0 Å². The van der Waals surface area contributed by atoms with Crippen molar-refractivity contribution in [2.75, 3.05) is 20.8 Å². The van der Waals surface area contributed by atoms with Crippen molar-refractivity contribution in [2.24, 2.45) is 0 Å². The number of urea groups is 1. The van der Waals surface area contributed by atoms with Crippen molar-refractivity contribution in [3.8, 4) is 11.5 Å². The zero-order chi connectivity index (χ0) is 19.1. The van der Waals surface area contributed by atoms with Crippen molar-refractivity contribution >= 4 is 12.0 Å². The highest BCUT2D eigenvalue weighted by Gasteiger charge is 2.34. The second kappa shape index (κ2) is 9.12. The third kappa shape index (κ3) is 4.47. The van der Waals surface area contributed by atoms with Crippen molar-refractivity contribution in [2.45, 2.75) is 39.2 Å². The Hall–Kier alpha value is -2.70. The molecule has 0 saturated carbocycles. The molecule has 0 bridgehead atoms. The summed E-state index contributed by atoms with van der Waals surface area (Å²) in [7, 11) is 3.09. The van der Waals surface area contributed by atoms with Gasteiger partial charge in [-0.1, -0.05) is 19.8 Å². The normalized spacial score (nSPS) is 16.6. The predicted octanol–water partition coefficient (Wildman–Crippen LogP) is 3.07. The van der Waals surface area contributed by atoms with Gasteiger partial charge in [0, 0.05) is 17.3 Å². The highest BCUT2D eigenvalue weighted by molar-refractivity contribution is 5.95. The number of carbonyl (C=O) groups excluding carboxylic acids is 2. The molecule has 0 unspecified atom stereocenters. The van der Waals surface area contributed by atoms with Gasteiger partial charge in [-0.05, 0) is 25.5 Å². The van der Waals surface area contributed by atoms with Crippen LogP contribution < -0.4 is 20.1 Å². The van der Waals surface area contributed by atoms with E-state index in [4.69, 9.17) is 14.2 Å². The van der Waals surface area contributed by atoms with E-state index in [-0.39, 0.29) is 6.03 Å². The van der Waals surface area contributed by atoms with Crippen LogP contribution in [0.1, 0.15) is 44.7 Å². The smallest absolute Gasteiger partial charge is 0.338 e. The number of methoxy groups -OCH3 is 2. The second-order valence-electron chi connectivity index (χ2n) is 6.02. The van der Waals surface area contributed by atoms with Crippen LogP contribution in [0.25, 0.3) is 0 Å². The largest absolute Gasteiger partial charge is 0.497 e. The van der Waals surface area contributed by atoms with Crippen LogP contribution in [-0.4, -0.2) is 32.8 Å². The summed E-state index contributed by atoms with van der Waals surface area (Å²) in [5, 5.41) is 5.41. The third-order valence-electron chi connectivity index (χ3n) is 4.22. The lowest BCUT2D eigenvalue weighted by atomic mass is 9.94. The van der Waals surface area contributed by atoms with Crippen molar-refractivity contribution < 1.29 is 23.8 Å². The Balaban J connectivity index is 2.33. The average Bonchev–Trinajstić information content (AvgIpc) is 2.63. The lowest BCUT2D eigenvalue weighted by Gasteiger charge is -2.29. The van der Waals surface area contributed by atoms with Crippen LogP contribution in [-0.2, 0) is 9.53 Å². The average molecular weight is 362 g/mol. The molecule has 142 valence electrons. The number of benzene rings is 1. The highest BCUT2D eigenvalue weighted by Crippen LogP contribution is 2.35. The molecule has 1 atom stereocenters. The van der Waals surface area contributed by atoms with Crippen LogP contribution in [0, 0.1) is 0 Å². The second-order valence-corrected chi connectivity index (χ2v) is 6.02. The maximum absolute atomic E-state index is 12.6. The molecule has 0 aliphatic carbocycles. The van der Waals surface area contributed by atoms with Gasteiger partial charge in [0.25, 0.3) is 0 Å². The summed E-state index contributed by atoms with van der Waals surface area (Å²) in [4.78, 5) is 24.6. The predicted molar refractivity (Wildman–Crippen MR) is 97.1 cm³/mol. The molecule has 2 amide bonds. The first-order chi connectivity index (χ1) is 12.5. The topological polar surface area (TPSA) is 85.9 Å². The Kier molecular flexibility index (Phi) is 6.89. The third-order valence-corrected chi connectivity index (χ3v) is 4.22. The van der Waals surface area contributed by atoms with E-state index in [1.165, 1.54) is 7.11 Å². The number of rotatable bonds is 8. The molecular formula is C19H26N2O5. The first-order valence-corrected chi connectivity index (χ1v) is 8.69. The standard InChI is InChI=1S/C19H26N2O5/c1-5-6-7-10-26-18(22)16-12(2)20-19(23)21-17(16)14-9-8-13(24-3)11-15(14)25-4/h8-9,11,17H,5-7,10H2,1-4H3,(H2,20,21,23)/t17-/m0/s1. The van der Waals surface area contributed by atoms with Crippen molar-refractivity contribution in [1.29, 1.82) is 0 Å². The van der Waals surface area contributed by atoms with Crippen LogP contribution in [0.2, 0.25) is 0 Å². The van der Waals surface area contributed by atoms with Gasteiger partial charge in [-0.25, -0.2) is 9.59 Å². The van der Waals surface area contributed by atoms with Gasteiger partial charge < -0.3 is 24.8 Å². The van der Waals surface area contributed by atoms with E-state index in [0.717, 1.165) is 19.3 Å². The molecule has 1 aromatic carbocycles.